The van der Waals surface area contributed by atoms with E-state index in [9.17, 15) is 4.79 Å². The molecule has 1 N–H and O–H groups in total. The Balaban J connectivity index is 1.58. The number of nitrogens with zero attached hydrogens (tertiary/aromatic N) is 2. The standard InChI is InChI=1S/C25H26ClN3O3S/c1-5-21(16-6-9-22-17(12-16)10-11-29(22)14-23(30)32-4)27-25-28-24(15(2)33-25)19-8-7-18(31-3)13-20(19)26/h6-13,21H,5,14H2,1-4H3,(H,27,28). The van der Waals surface area contributed by atoms with Gasteiger partial charge in [-0.3, -0.25) is 4.79 Å². The summed E-state index contributed by atoms with van der Waals surface area (Å²) < 4.78 is 11.9. The molecule has 2 aromatic heterocycles. The summed E-state index contributed by atoms with van der Waals surface area (Å²) in [4.78, 5) is 17.6. The zero-order chi connectivity index (χ0) is 23.5. The van der Waals surface area contributed by atoms with Crippen LogP contribution < -0.4 is 10.1 Å². The van der Waals surface area contributed by atoms with Gasteiger partial charge in [0.25, 0.3) is 0 Å². The minimum atomic E-state index is -0.267. The molecule has 2 aromatic carbocycles. The summed E-state index contributed by atoms with van der Waals surface area (Å²) in [6, 6.07) is 14.1. The van der Waals surface area contributed by atoms with Gasteiger partial charge in [0.05, 0.1) is 31.0 Å². The number of aromatic nitrogens is 2. The monoisotopic (exact) mass is 483 g/mol. The molecule has 2 heterocycles. The zero-order valence-corrected chi connectivity index (χ0v) is 20.6. The van der Waals surface area contributed by atoms with Crippen molar-refractivity contribution in [3.63, 3.8) is 0 Å². The summed E-state index contributed by atoms with van der Waals surface area (Å²) in [6.45, 7) is 4.39. The van der Waals surface area contributed by atoms with E-state index in [1.54, 1.807) is 24.5 Å². The third-order valence-electron chi connectivity index (χ3n) is 5.66. The van der Waals surface area contributed by atoms with E-state index in [1.165, 1.54) is 7.11 Å². The molecule has 33 heavy (non-hydrogen) atoms. The lowest BCUT2D eigenvalue weighted by Gasteiger charge is -2.17. The first-order valence-electron chi connectivity index (χ1n) is 10.7. The van der Waals surface area contributed by atoms with Crippen molar-refractivity contribution in [2.24, 2.45) is 0 Å². The Kier molecular flexibility index (Phi) is 6.91. The number of rotatable bonds is 8. The van der Waals surface area contributed by atoms with Gasteiger partial charge in [-0.1, -0.05) is 24.6 Å². The Bertz CT molecular complexity index is 1300. The highest BCUT2D eigenvalue weighted by molar-refractivity contribution is 7.16. The average molecular weight is 484 g/mol. The minimum Gasteiger partial charge on any atom is -0.497 e. The van der Waals surface area contributed by atoms with Gasteiger partial charge in [0.15, 0.2) is 5.13 Å². The summed E-state index contributed by atoms with van der Waals surface area (Å²) in [5.41, 5.74) is 3.93. The Morgan fingerprint density at radius 2 is 2.03 bits per heavy atom. The predicted octanol–water partition coefficient (Wildman–Crippen LogP) is 6.47. The molecule has 0 bridgehead atoms. The number of halogens is 1. The van der Waals surface area contributed by atoms with Gasteiger partial charge in [-0.05, 0) is 60.7 Å². The maximum Gasteiger partial charge on any atom is 0.325 e. The lowest BCUT2D eigenvalue weighted by molar-refractivity contribution is -0.141. The normalized spacial score (nSPS) is 12.0. The maximum absolute atomic E-state index is 11.7. The highest BCUT2D eigenvalue weighted by Gasteiger charge is 2.17. The van der Waals surface area contributed by atoms with Crippen molar-refractivity contribution in [2.45, 2.75) is 32.9 Å². The molecule has 0 saturated heterocycles. The Morgan fingerprint density at radius 3 is 2.73 bits per heavy atom. The molecular formula is C25H26ClN3O3S. The first-order valence-corrected chi connectivity index (χ1v) is 11.9. The second kappa shape index (κ2) is 9.85. The minimum absolute atomic E-state index is 0.100. The summed E-state index contributed by atoms with van der Waals surface area (Å²) in [7, 11) is 3.02. The number of esters is 1. The van der Waals surface area contributed by atoms with Gasteiger partial charge in [0.1, 0.15) is 12.3 Å². The van der Waals surface area contributed by atoms with Crippen LogP contribution in [0.5, 0.6) is 5.75 Å². The Morgan fingerprint density at radius 1 is 1.21 bits per heavy atom. The second-order valence-electron chi connectivity index (χ2n) is 7.71. The highest BCUT2D eigenvalue weighted by Crippen LogP contribution is 2.37. The van der Waals surface area contributed by atoms with Crippen molar-refractivity contribution in [3.8, 4) is 17.0 Å². The fourth-order valence-electron chi connectivity index (χ4n) is 3.87. The molecule has 1 unspecified atom stereocenters. The van der Waals surface area contributed by atoms with Crippen LogP contribution in [0.2, 0.25) is 5.02 Å². The van der Waals surface area contributed by atoms with Gasteiger partial charge in [0, 0.05) is 22.2 Å². The van der Waals surface area contributed by atoms with E-state index in [0.717, 1.165) is 49.9 Å². The first-order chi connectivity index (χ1) is 15.9. The fourth-order valence-corrected chi connectivity index (χ4v) is 5.01. The number of carbonyl (C=O) groups is 1. The van der Waals surface area contributed by atoms with Crippen LogP contribution in [0.3, 0.4) is 0 Å². The van der Waals surface area contributed by atoms with Gasteiger partial charge in [0.2, 0.25) is 0 Å². The number of nitrogens with one attached hydrogen (secondary N) is 1. The van der Waals surface area contributed by atoms with Crippen molar-refractivity contribution < 1.29 is 14.3 Å². The van der Waals surface area contributed by atoms with Crippen molar-refractivity contribution in [3.05, 3.63) is 64.1 Å². The van der Waals surface area contributed by atoms with Crippen LogP contribution >= 0.6 is 22.9 Å². The van der Waals surface area contributed by atoms with Crippen LogP contribution in [-0.2, 0) is 16.1 Å². The Labute approximate surface area is 202 Å². The molecule has 172 valence electrons. The van der Waals surface area contributed by atoms with Crippen LogP contribution in [-0.4, -0.2) is 29.7 Å². The number of ether oxygens (including phenoxy) is 2. The first kappa shape index (κ1) is 23.1. The van der Waals surface area contributed by atoms with E-state index in [2.05, 4.69) is 31.3 Å². The quantitative estimate of drug-likeness (QED) is 0.291. The van der Waals surface area contributed by atoms with Gasteiger partial charge in [-0.25, -0.2) is 4.98 Å². The number of thiazole rings is 1. The van der Waals surface area contributed by atoms with E-state index in [1.807, 2.05) is 35.0 Å². The molecule has 0 amide bonds. The number of aryl methyl sites for hydroxylation is 1. The molecular weight excluding hydrogens is 458 g/mol. The molecule has 0 aliphatic heterocycles. The maximum atomic E-state index is 11.7. The molecule has 0 radical (unpaired) electrons. The van der Waals surface area contributed by atoms with Crippen molar-refractivity contribution in [2.75, 3.05) is 19.5 Å². The molecule has 0 saturated carbocycles. The fraction of sp³-hybridized carbons (Fsp3) is 0.280. The number of methoxy groups -OCH3 is 2. The summed E-state index contributed by atoms with van der Waals surface area (Å²) in [6.07, 6.45) is 2.81. The van der Waals surface area contributed by atoms with Crippen molar-refractivity contribution in [1.29, 1.82) is 0 Å². The number of fused-ring (bicyclic) bond motifs is 1. The molecule has 0 aliphatic rings. The molecule has 4 aromatic rings. The lowest BCUT2D eigenvalue weighted by atomic mass is 10.0. The van der Waals surface area contributed by atoms with E-state index in [0.29, 0.717) is 5.02 Å². The molecule has 1 atom stereocenters. The van der Waals surface area contributed by atoms with Gasteiger partial charge >= 0.3 is 5.97 Å². The number of hydrogen-bond acceptors (Lipinski definition) is 6. The molecule has 4 rings (SSSR count). The zero-order valence-electron chi connectivity index (χ0n) is 19.0. The molecule has 0 aliphatic carbocycles. The van der Waals surface area contributed by atoms with E-state index in [4.69, 9.17) is 26.1 Å². The topological polar surface area (TPSA) is 65.4 Å². The molecule has 6 nitrogen and oxygen atoms in total. The predicted molar refractivity (Wildman–Crippen MR) is 134 cm³/mol. The lowest BCUT2D eigenvalue weighted by Crippen LogP contribution is -2.11. The van der Waals surface area contributed by atoms with Crippen molar-refractivity contribution >= 4 is 44.9 Å². The number of benzene rings is 2. The summed E-state index contributed by atoms with van der Waals surface area (Å²) in [5, 5.41) is 6.14. The molecule has 0 fully saturated rings. The van der Waals surface area contributed by atoms with Gasteiger partial charge in [-0.15, -0.1) is 11.3 Å². The Hall–Kier alpha value is -3.03. The van der Waals surface area contributed by atoms with Crippen molar-refractivity contribution in [1.82, 2.24) is 9.55 Å². The SMILES string of the molecule is CCC(Nc1nc(-c2ccc(OC)cc2Cl)c(C)s1)c1ccc2c(ccn2CC(=O)OC)c1. The third-order valence-corrected chi connectivity index (χ3v) is 6.87. The highest BCUT2D eigenvalue weighted by atomic mass is 35.5. The van der Waals surface area contributed by atoms with Crippen LogP contribution in [0.25, 0.3) is 22.2 Å². The summed E-state index contributed by atoms with van der Waals surface area (Å²) >= 11 is 8.10. The average Bonchev–Trinajstić information content (AvgIpc) is 3.39. The summed E-state index contributed by atoms with van der Waals surface area (Å²) in [5.74, 6) is 0.452. The van der Waals surface area contributed by atoms with Crippen LogP contribution in [0.15, 0.2) is 48.7 Å². The van der Waals surface area contributed by atoms with E-state index >= 15 is 0 Å². The van der Waals surface area contributed by atoms with E-state index < -0.39 is 0 Å². The number of anilines is 1. The van der Waals surface area contributed by atoms with Crippen LogP contribution in [0.1, 0.15) is 29.8 Å². The number of carbonyl (C=O) groups excluding carboxylic acids is 1. The molecule has 8 heteroatoms. The van der Waals surface area contributed by atoms with Crippen LogP contribution in [0.4, 0.5) is 5.13 Å². The smallest absolute Gasteiger partial charge is 0.325 e. The third kappa shape index (κ3) is 4.84. The van der Waals surface area contributed by atoms with Gasteiger partial charge < -0.3 is 19.4 Å². The van der Waals surface area contributed by atoms with E-state index in [-0.39, 0.29) is 18.6 Å². The second-order valence-corrected chi connectivity index (χ2v) is 9.32. The largest absolute Gasteiger partial charge is 0.497 e. The molecule has 0 spiro atoms. The number of hydrogen-bond donors (Lipinski definition) is 1. The van der Waals surface area contributed by atoms with Crippen LogP contribution in [0, 0.1) is 6.92 Å². The van der Waals surface area contributed by atoms with Gasteiger partial charge in [-0.2, -0.15) is 0 Å².